The fraction of sp³-hybridized carbons (Fsp3) is 0.364. The van der Waals surface area contributed by atoms with Gasteiger partial charge in [-0.05, 0) is 55.0 Å². The second-order valence-electron chi connectivity index (χ2n) is 7.33. The van der Waals surface area contributed by atoms with Gasteiger partial charge in [0.05, 0.1) is 4.88 Å². The summed E-state index contributed by atoms with van der Waals surface area (Å²) in [5, 5.41) is 3.12. The second kappa shape index (κ2) is 8.27. The Labute approximate surface area is 168 Å². The average Bonchev–Trinajstić information content (AvgIpc) is 3.26. The highest BCUT2D eigenvalue weighted by atomic mass is 32.1. The van der Waals surface area contributed by atoms with Crippen LogP contribution in [0, 0.1) is 5.82 Å². The molecule has 1 amide bonds. The predicted molar refractivity (Wildman–Crippen MR) is 109 cm³/mol. The molecule has 1 aliphatic rings. The molecular formula is C22H24FN3OS. The van der Waals surface area contributed by atoms with Gasteiger partial charge in [0.1, 0.15) is 17.7 Å². The van der Waals surface area contributed by atoms with Crippen LogP contribution in [0.25, 0.3) is 0 Å². The third-order valence-corrected chi connectivity index (χ3v) is 6.55. The summed E-state index contributed by atoms with van der Waals surface area (Å²) in [6.07, 6.45) is 10.6. The maximum Gasteiger partial charge on any atom is 0.262 e. The third kappa shape index (κ3) is 4.02. The van der Waals surface area contributed by atoms with Gasteiger partial charge < -0.3 is 9.88 Å². The van der Waals surface area contributed by atoms with Gasteiger partial charge in [-0.3, -0.25) is 4.79 Å². The Morgan fingerprint density at radius 2 is 1.93 bits per heavy atom. The van der Waals surface area contributed by atoms with E-state index in [0.29, 0.717) is 0 Å². The van der Waals surface area contributed by atoms with Gasteiger partial charge in [-0.25, -0.2) is 9.37 Å². The minimum atomic E-state index is -0.433. The van der Waals surface area contributed by atoms with Crippen LogP contribution in [0.4, 0.5) is 4.39 Å². The normalized spacial score (nSPS) is 15.4. The lowest BCUT2D eigenvalue weighted by Gasteiger charge is -2.19. The van der Waals surface area contributed by atoms with E-state index in [1.54, 1.807) is 29.7 Å². The molecule has 1 aliphatic carbocycles. The number of hydrogen-bond acceptors (Lipinski definition) is 3. The topological polar surface area (TPSA) is 46.9 Å². The largest absolute Gasteiger partial charge is 0.337 e. The highest BCUT2D eigenvalue weighted by molar-refractivity contribution is 7.14. The lowest BCUT2D eigenvalue weighted by molar-refractivity contribution is 0.0945. The van der Waals surface area contributed by atoms with Crippen molar-refractivity contribution >= 4 is 17.2 Å². The van der Waals surface area contributed by atoms with Crippen molar-refractivity contribution in [2.75, 3.05) is 0 Å². The van der Waals surface area contributed by atoms with Gasteiger partial charge >= 0.3 is 0 Å². The fourth-order valence-electron chi connectivity index (χ4n) is 3.77. The van der Waals surface area contributed by atoms with Crippen molar-refractivity contribution in [1.82, 2.24) is 14.9 Å². The molecule has 0 saturated carbocycles. The summed E-state index contributed by atoms with van der Waals surface area (Å²) in [5.41, 5.74) is 2.13. The lowest BCUT2D eigenvalue weighted by Crippen LogP contribution is -2.30. The van der Waals surface area contributed by atoms with E-state index in [9.17, 15) is 9.18 Å². The zero-order chi connectivity index (χ0) is 19.5. The summed E-state index contributed by atoms with van der Waals surface area (Å²) in [4.78, 5) is 19.6. The minimum absolute atomic E-state index is 0.103. The minimum Gasteiger partial charge on any atom is -0.337 e. The molecule has 2 heterocycles. The van der Waals surface area contributed by atoms with Gasteiger partial charge in [-0.15, -0.1) is 11.3 Å². The van der Waals surface area contributed by atoms with Crippen molar-refractivity contribution in [3.8, 4) is 0 Å². The first-order chi connectivity index (χ1) is 13.6. The van der Waals surface area contributed by atoms with Crippen molar-refractivity contribution in [3.63, 3.8) is 0 Å². The van der Waals surface area contributed by atoms with E-state index < -0.39 is 6.04 Å². The average molecular weight is 398 g/mol. The number of nitrogens with one attached hydrogen (secondary N) is 1. The van der Waals surface area contributed by atoms with Gasteiger partial charge in [0.2, 0.25) is 0 Å². The Hall–Kier alpha value is -2.47. The van der Waals surface area contributed by atoms with Gasteiger partial charge in [-0.1, -0.05) is 25.0 Å². The van der Waals surface area contributed by atoms with Crippen LogP contribution in [0.2, 0.25) is 0 Å². The first kappa shape index (κ1) is 18.9. The Bertz CT molecular complexity index is 935. The Balaban J connectivity index is 1.61. The van der Waals surface area contributed by atoms with Crippen molar-refractivity contribution in [1.29, 1.82) is 0 Å². The number of rotatable bonds is 4. The standard InChI is InChI=1S/C22H24FN3OS/c1-26-13-12-24-21(26)20(15-8-10-17(23)11-9-15)25-22(27)19-14-16-6-4-2-3-5-7-18(16)28-19/h8-14,20H,2-7H2,1H3,(H,25,27). The number of halogens is 1. The number of fused-ring (bicyclic) bond motifs is 1. The highest BCUT2D eigenvalue weighted by Gasteiger charge is 2.23. The Morgan fingerprint density at radius 3 is 2.64 bits per heavy atom. The smallest absolute Gasteiger partial charge is 0.262 e. The SMILES string of the molecule is Cn1ccnc1C(NC(=O)c1cc2c(s1)CCCCCC2)c1ccc(F)cc1. The van der Waals surface area contributed by atoms with Gasteiger partial charge in [0, 0.05) is 24.3 Å². The van der Waals surface area contributed by atoms with Crippen LogP contribution in [0.1, 0.15) is 63.2 Å². The third-order valence-electron chi connectivity index (χ3n) is 5.32. The quantitative estimate of drug-likeness (QED) is 0.687. The number of amides is 1. The van der Waals surface area contributed by atoms with Crippen LogP contribution in [-0.2, 0) is 19.9 Å². The maximum atomic E-state index is 13.4. The van der Waals surface area contributed by atoms with Crippen LogP contribution < -0.4 is 5.32 Å². The summed E-state index contributed by atoms with van der Waals surface area (Å²) < 4.78 is 15.3. The van der Waals surface area contributed by atoms with E-state index in [2.05, 4.69) is 16.4 Å². The van der Waals surface area contributed by atoms with Crippen LogP contribution >= 0.6 is 11.3 Å². The summed E-state index contributed by atoms with van der Waals surface area (Å²) in [6, 6.07) is 7.84. The van der Waals surface area contributed by atoms with E-state index in [1.807, 2.05) is 17.8 Å². The van der Waals surface area contributed by atoms with Crippen molar-refractivity contribution < 1.29 is 9.18 Å². The molecule has 0 radical (unpaired) electrons. The van der Waals surface area contributed by atoms with E-state index in [4.69, 9.17) is 0 Å². The second-order valence-corrected chi connectivity index (χ2v) is 8.46. The molecule has 0 saturated heterocycles. The fourth-order valence-corrected chi connectivity index (χ4v) is 4.92. The number of aryl methyl sites for hydroxylation is 3. The number of aromatic nitrogens is 2. The van der Waals surface area contributed by atoms with Gasteiger partial charge in [-0.2, -0.15) is 0 Å². The highest BCUT2D eigenvalue weighted by Crippen LogP contribution is 2.29. The molecular weight excluding hydrogens is 373 g/mol. The number of hydrogen-bond donors (Lipinski definition) is 1. The van der Waals surface area contributed by atoms with Gasteiger partial charge in [0.25, 0.3) is 5.91 Å². The van der Waals surface area contributed by atoms with Crippen LogP contribution in [0.15, 0.2) is 42.7 Å². The number of benzene rings is 1. The van der Waals surface area contributed by atoms with Crippen LogP contribution in [0.5, 0.6) is 0 Å². The summed E-state index contributed by atoms with van der Waals surface area (Å²) in [7, 11) is 1.89. The molecule has 1 atom stereocenters. The number of carbonyl (C=O) groups excluding carboxylic acids is 1. The molecule has 146 valence electrons. The molecule has 1 aromatic carbocycles. The first-order valence-electron chi connectivity index (χ1n) is 9.77. The number of thiophene rings is 1. The molecule has 28 heavy (non-hydrogen) atoms. The molecule has 2 aromatic heterocycles. The molecule has 3 aromatic rings. The van der Waals surface area contributed by atoms with E-state index >= 15 is 0 Å². The zero-order valence-electron chi connectivity index (χ0n) is 16.0. The first-order valence-corrected chi connectivity index (χ1v) is 10.6. The molecule has 4 rings (SSSR count). The lowest BCUT2D eigenvalue weighted by atomic mass is 9.99. The molecule has 4 nitrogen and oxygen atoms in total. The van der Waals surface area contributed by atoms with Crippen molar-refractivity contribution in [3.05, 3.63) is 75.2 Å². The summed E-state index contributed by atoms with van der Waals surface area (Å²) >= 11 is 1.61. The van der Waals surface area contributed by atoms with Crippen molar-refractivity contribution in [2.45, 2.75) is 44.6 Å². The van der Waals surface area contributed by atoms with Crippen molar-refractivity contribution in [2.24, 2.45) is 7.05 Å². The molecule has 0 aliphatic heterocycles. The van der Waals surface area contributed by atoms with E-state index in [-0.39, 0.29) is 11.7 Å². The monoisotopic (exact) mass is 397 g/mol. The van der Waals surface area contributed by atoms with Gasteiger partial charge in [0.15, 0.2) is 0 Å². The van der Waals surface area contributed by atoms with E-state index in [0.717, 1.165) is 29.1 Å². The number of carbonyl (C=O) groups is 1. The summed E-state index contributed by atoms with van der Waals surface area (Å²) in [6.45, 7) is 0. The Kier molecular flexibility index (Phi) is 5.57. The molecule has 6 heteroatoms. The molecule has 0 spiro atoms. The Morgan fingerprint density at radius 1 is 1.18 bits per heavy atom. The molecule has 0 fully saturated rings. The summed E-state index contributed by atoms with van der Waals surface area (Å²) in [5.74, 6) is 0.315. The maximum absolute atomic E-state index is 13.4. The number of imidazole rings is 1. The van der Waals surface area contributed by atoms with Crippen LogP contribution in [0.3, 0.4) is 0 Å². The number of nitrogens with zero attached hydrogens (tertiary/aromatic N) is 2. The zero-order valence-corrected chi connectivity index (χ0v) is 16.8. The van der Waals surface area contributed by atoms with Crippen LogP contribution in [-0.4, -0.2) is 15.5 Å². The molecule has 0 bridgehead atoms. The predicted octanol–water partition coefficient (Wildman–Crippen LogP) is 4.80. The van der Waals surface area contributed by atoms with E-state index in [1.165, 1.54) is 48.3 Å². The molecule has 1 N–H and O–H groups in total. The molecule has 1 unspecified atom stereocenters.